The van der Waals surface area contributed by atoms with Crippen LogP contribution in [0.3, 0.4) is 0 Å². The van der Waals surface area contributed by atoms with Crippen LogP contribution in [0.25, 0.3) is 6.08 Å². The third-order valence-electron chi connectivity index (χ3n) is 4.18. The first kappa shape index (κ1) is 20.4. The number of halogens is 1. The van der Waals surface area contributed by atoms with E-state index in [1.165, 1.54) is 67.7 Å². The number of allylic oxidation sites excluding steroid dienone is 1. The number of carbonyl (C=O) groups is 1. The molecule has 0 amide bonds. The van der Waals surface area contributed by atoms with Crippen molar-refractivity contribution in [3.05, 3.63) is 71.6 Å². The van der Waals surface area contributed by atoms with E-state index >= 15 is 0 Å². The quantitative estimate of drug-likeness (QED) is 0.180. The Hall–Kier alpha value is -1.87. The average Bonchev–Trinajstić information content (AvgIpc) is 2.66. The van der Waals surface area contributed by atoms with Crippen LogP contribution in [0.1, 0.15) is 61.4 Å². The topological polar surface area (TPSA) is 17.1 Å². The molecule has 3 heteroatoms. The Kier molecular flexibility index (Phi) is 9.19. The van der Waals surface area contributed by atoms with E-state index in [1.807, 2.05) is 30.0 Å². The van der Waals surface area contributed by atoms with Crippen molar-refractivity contribution >= 4 is 23.6 Å². The van der Waals surface area contributed by atoms with E-state index < -0.39 is 0 Å². The summed E-state index contributed by atoms with van der Waals surface area (Å²) in [5.74, 6) is 0.684. The zero-order valence-corrected chi connectivity index (χ0v) is 16.2. The summed E-state index contributed by atoms with van der Waals surface area (Å²) in [5, 5.41) is 0. The summed E-state index contributed by atoms with van der Waals surface area (Å²) in [4.78, 5) is 13.4. The Morgan fingerprint density at radius 2 is 1.73 bits per heavy atom. The van der Waals surface area contributed by atoms with Crippen molar-refractivity contribution in [2.24, 2.45) is 0 Å². The van der Waals surface area contributed by atoms with Crippen LogP contribution < -0.4 is 0 Å². The molecule has 0 atom stereocenters. The third kappa shape index (κ3) is 7.57. The minimum atomic E-state index is -0.333. The van der Waals surface area contributed by atoms with E-state index in [4.69, 9.17) is 0 Å². The number of hydrogen-bond acceptors (Lipinski definition) is 2. The average molecular weight is 371 g/mol. The van der Waals surface area contributed by atoms with Gasteiger partial charge in [-0.25, -0.2) is 4.39 Å². The Labute approximate surface area is 160 Å². The van der Waals surface area contributed by atoms with Gasteiger partial charge in [-0.1, -0.05) is 57.2 Å². The SMILES string of the molecule is CCCCCCCCSc1cccc(C=CC(=O)c2ccc(F)cc2)c1. The maximum absolute atomic E-state index is 12.9. The van der Waals surface area contributed by atoms with Crippen LogP contribution >= 0.6 is 11.8 Å². The van der Waals surface area contributed by atoms with Gasteiger partial charge in [0.1, 0.15) is 5.82 Å². The molecule has 0 aliphatic heterocycles. The number of carbonyl (C=O) groups excluding carboxylic acids is 1. The van der Waals surface area contributed by atoms with Crippen molar-refractivity contribution in [1.29, 1.82) is 0 Å². The maximum Gasteiger partial charge on any atom is 0.185 e. The lowest BCUT2D eigenvalue weighted by molar-refractivity contribution is 0.104. The summed E-state index contributed by atoms with van der Waals surface area (Å²) >= 11 is 1.87. The largest absolute Gasteiger partial charge is 0.289 e. The fraction of sp³-hybridized carbons (Fsp3) is 0.348. The molecule has 0 N–H and O–H groups in total. The van der Waals surface area contributed by atoms with Gasteiger partial charge in [-0.15, -0.1) is 11.8 Å². The summed E-state index contributed by atoms with van der Waals surface area (Å²) in [7, 11) is 0. The molecular weight excluding hydrogens is 343 g/mol. The number of thioether (sulfide) groups is 1. The molecule has 0 spiro atoms. The molecule has 2 aromatic rings. The van der Waals surface area contributed by atoms with E-state index in [0.717, 1.165) is 11.3 Å². The van der Waals surface area contributed by atoms with Gasteiger partial charge in [0.25, 0.3) is 0 Å². The molecule has 26 heavy (non-hydrogen) atoms. The smallest absolute Gasteiger partial charge is 0.185 e. The van der Waals surface area contributed by atoms with Gasteiger partial charge in [-0.05, 0) is 60.2 Å². The highest BCUT2D eigenvalue weighted by molar-refractivity contribution is 7.99. The lowest BCUT2D eigenvalue weighted by Gasteiger charge is -2.03. The van der Waals surface area contributed by atoms with Crippen molar-refractivity contribution in [2.75, 3.05) is 5.75 Å². The maximum atomic E-state index is 12.9. The predicted molar refractivity (Wildman–Crippen MR) is 110 cm³/mol. The molecule has 0 aliphatic carbocycles. The highest BCUT2D eigenvalue weighted by Crippen LogP contribution is 2.22. The number of hydrogen-bond donors (Lipinski definition) is 0. The summed E-state index contributed by atoms with van der Waals surface area (Å²) in [5.41, 5.74) is 1.50. The summed E-state index contributed by atoms with van der Waals surface area (Å²) in [6.07, 6.45) is 11.2. The Bertz CT molecular complexity index is 706. The molecule has 2 aromatic carbocycles. The second-order valence-corrected chi connectivity index (χ2v) is 7.56. The Morgan fingerprint density at radius 3 is 2.50 bits per heavy atom. The number of rotatable bonds is 11. The molecule has 0 bridgehead atoms. The monoisotopic (exact) mass is 370 g/mol. The van der Waals surface area contributed by atoms with Crippen molar-refractivity contribution in [2.45, 2.75) is 50.3 Å². The van der Waals surface area contributed by atoms with Crippen molar-refractivity contribution in [3.8, 4) is 0 Å². The van der Waals surface area contributed by atoms with Crippen LogP contribution in [0.15, 0.2) is 59.5 Å². The Balaban J connectivity index is 1.80. The standard InChI is InChI=1S/C23H27FOS/c1-2-3-4-5-6-7-17-26-22-10-8-9-19(18-22)11-16-23(25)20-12-14-21(24)15-13-20/h8-16,18H,2-7,17H2,1H3. The first-order chi connectivity index (χ1) is 12.7. The van der Waals surface area contributed by atoms with Crippen LogP contribution in [0.5, 0.6) is 0 Å². The van der Waals surface area contributed by atoms with Crippen molar-refractivity contribution < 1.29 is 9.18 Å². The lowest BCUT2D eigenvalue weighted by atomic mass is 10.1. The molecule has 0 saturated heterocycles. The van der Waals surface area contributed by atoms with Gasteiger partial charge in [0.15, 0.2) is 5.78 Å². The summed E-state index contributed by atoms with van der Waals surface area (Å²) < 4.78 is 12.9. The molecule has 0 radical (unpaired) electrons. The predicted octanol–water partition coefficient (Wildman–Crippen LogP) is 7.17. The van der Waals surface area contributed by atoms with E-state index in [-0.39, 0.29) is 11.6 Å². The second-order valence-electron chi connectivity index (χ2n) is 6.39. The third-order valence-corrected chi connectivity index (χ3v) is 5.26. The molecule has 0 fully saturated rings. The first-order valence-electron chi connectivity index (χ1n) is 9.40. The minimum Gasteiger partial charge on any atom is -0.289 e. The van der Waals surface area contributed by atoms with Gasteiger partial charge in [0.2, 0.25) is 0 Å². The van der Waals surface area contributed by atoms with E-state index in [2.05, 4.69) is 19.1 Å². The molecule has 0 aliphatic rings. The molecule has 138 valence electrons. The number of benzene rings is 2. The fourth-order valence-electron chi connectivity index (χ4n) is 2.66. The van der Waals surface area contributed by atoms with Gasteiger partial charge in [0.05, 0.1) is 0 Å². The van der Waals surface area contributed by atoms with E-state index in [0.29, 0.717) is 5.56 Å². The van der Waals surface area contributed by atoms with Gasteiger partial charge in [-0.2, -0.15) is 0 Å². The minimum absolute atomic E-state index is 0.116. The summed E-state index contributed by atoms with van der Waals surface area (Å²) in [6.45, 7) is 2.24. The molecular formula is C23H27FOS. The van der Waals surface area contributed by atoms with Gasteiger partial charge in [0, 0.05) is 10.5 Å². The Morgan fingerprint density at radius 1 is 1.00 bits per heavy atom. The highest BCUT2D eigenvalue weighted by Gasteiger charge is 2.02. The zero-order chi connectivity index (χ0) is 18.6. The van der Waals surface area contributed by atoms with E-state index in [9.17, 15) is 9.18 Å². The van der Waals surface area contributed by atoms with Crippen LogP contribution in [-0.2, 0) is 0 Å². The molecule has 2 rings (SSSR count). The molecule has 0 heterocycles. The summed E-state index contributed by atoms with van der Waals surface area (Å²) in [6, 6.07) is 13.9. The van der Waals surface area contributed by atoms with Crippen molar-refractivity contribution in [3.63, 3.8) is 0 Å². The van der Waals surface area contributed by atoms with Gasteiger partial charge in [-0.3, -0.25) is 4.79 Å². The second kappa shape index (κ2) is 11.7. The van der Waals surface area contributed by atoms with Crippen molar-refractivity contribution in [1.82, 2.24) is 0 Å². The van der Waals surface area contributed by atoms with Crippen LogP contribution in [0.2, 0.25) is 0 Å². The first-order valence-corrected chi connectivity index (χ1v) is 10.4. The molecule has 0 aromatic heterocycles. The van der Waals surface area contributed by atoms with Crippen LogP contribution in [0, 0.1) is 5.82 Å². The van der Waals surface area contributed by atoms with Crippen LogP contribution in [0.4, 0.5) is 4.39 Å². The van der Waals surface area contributed by atoms with Gasteiger partial charge >= 0.3 is 0 Å². The number of ketones is 1. The van der Waals surface area contributed by atoms with Gasteiger partial charge < -0.3 is 0 Å². The molecule has 0 saturated carbocycles. The fourth-order valence-corrected chi connectivity index (χ4v) is 3.64. The normalized spacial score (nSPS) is 11.2. The highest BCUT2D eigenvalue weighted by atomic mass is 32.2. The zero-order valence-electron chi connectivity index (χ0n) is 15.4. The number of unbranched alkanes of at least 4 members (excludes halogenated alkanes) is 5. The molecule has 0 unspecified atom stereocenters. The van der Waals surface area contributed by atoms with Crippen LogP contribution in [-0.4, -0.2) is 11.5 Å². The van der Waals surface area contributed by atoms with E-state index in [1.54, 1.807) is 6.08 Å². The molecule has 1 nitrogen and oxygen atoms in total. The lowest BCUT2D eigenvalue weighted by Crippen LogP contribution is -1.93.